The van der Waals surface area contributed by atoms with Gasteiger partial charge in [-0.15, -0.1) is 10.2 Å². The van der Waals surface area contributed by atoms with Crippen molar-refractivity contribution in [3.63, 3.8) is 0 Å². The van der Waals surface area contributed by atoms with E-state index in [2.05, 4.69) is 10.2 Å². The van der Waals surface area contributed by atoms with E-state index in [9.17, 15) is 14.7 Å². The van der Waals surface area contributed by atoms with E-state index in [1.54, 1.807) is 23.9 Å². The second kappa shape index (κ2) is 12.0. The quantitative estimate of drug-likeness (QED) is 0.255. The maximum Gasteiger partial charge on any atom is 0.304 e. The molecule has 1 aromatic heterocycles. The molecule has 2 N–H and O–H groups in total. The number of hydrogen-bond acceptors (Lipinski definition) is 9. The summed E-state index contributed by atoms with van der Waals surface area (Å²) in [7, 11) is 0. The average Bonchev–Trinajstić information content (AvgIpc) is 3.11. The number of hydrogen-bond donors (Lipinski definition) is 2. The summed E-state index contributed by atoms with van der Waals surface area (Å²) in [5.74, 6) is 0.941. The number of ketones is 1. The molecular formula is C19H24N2O5S3. The molecule has 0 aliphatic carbocycles. The Hall–Kier alpha value is -1.78. The third-order valence-electron chi connectivity index (χ3n) is 3.82. The third-order valence-corrected chi connectivity index (χ3v) is 7.10. The van der Waals surface area contributed by atoms with Gasteiger partial charge in [0.25, 0.3) is 0 Å². The number of thioether (sulfide) groups is 2. The van der Waals surface area contributed by atoms with Gasteiger partial charge in [0, 0.05) is 17.1 Å². The van der Waals surface area contributed by atoms with Gasteiger partial charge in [0.2, 0.25) is 0 Å². The van der Waals surface area contributed by atoms with Crippen LogP contribution >= 0.6 is 34.9 Å². The van der Waals surface area contributed by atoms with Gasteiger partial charge in [-0.2, -0.15) is 0 Å². The number of carbonyl (C=O) groups excluding carboxylic acids is 1. The third kappa shape index (κ3) is 7.52. The molecule has 0 unspecified atom stereocenters. The minimum Gasteiger partial charge on any atom is -0.507 e. The van der Waals surface area contributed by atoms with Gasteiger partial charge in [0.05, 0.1) is 18.6 Å². The van der Waals surface area contributed by atoms with Crippen LogP contribution in [0.3, 0.4) is 0 Å². The standard InChI is InChI=1S/C19H24N2O5S3/c1-3-5-14-15(7-6-13(12(2)22)17(14)25)26-9-4-10-27-18-20-21-19(29-18)28-11-8-16(23)24/h6-7,25H,3-5,8-11H2,1-2H3,(H,23,24). The predicted octanol–water partition coefficient (Wildman–Crippen LogP) is 4.53. The Morgan fingerprint density at radius 3 is 2.48 bits per heavy atom. The highest BCUT2D eigenvalue weighted by Crippen LogP contribution is 2.33. The van der Waals surface area contributed by atoms with Gasteiger partial charge in [-0.25, -0.2) is 0 Å². The van der Waals surface area contributed by atoms with Crippen LogP contribution < -0.4 is 4.74 Å². The lowest BCUT2D eigenvalue weighted by Crippen LogP contribution is -2.04. The van der Waals surface area contributed by atoms with Crippen molar-refractivity contribution in [2.45, 2.75) is 48.2 Å². The molecule has 2 aromatic rings. The molecule has 29 heavy (non-hydrogen) atoms. The largest absolute Gasteiger partial charge is 0.507 e. The summed E-state index contributed by atoms with van der Waals surface area (Å²) in [4.78, 5) is 22.1. The number of ether oxygens (including phenoxy) is 1. The lowest BCUT2D eigenvalue weighted by atomic mass is 10.0. The molecule has 0 atom stereocenters. The van der Waals surface area contributed by atoms with E-state index in [0.717, 1.165) is 27.3 Å². The van der Waals surface area contributed by atoms with Crippen molar-refractivity contribution in [3.8, 4) is 11.5 Å². The Kier molecular flexibility index (Phi) is 9.75. The van der Waals surface area contributed by atoms with Crippen molar-refractivity contribution in [2.75, 3.05) is 18.1 Å². The van der Waals surface area contributed by atoms with Gasteiger partial charge >= 0.3 is 5.97 Å². The predicted molar refractivity (Wildman–Crippen MR) is 116 cm³/mol. The number of phenolic OH excluding ortho intramolecular Hbond substituents is 1. The van der Waals surface area contributed by atoms with E-state index < -0.39 is 5.97 Å². The molecule has 0 saturated carbocycles. The monoisotopic (exact) mass is 456 g/mol. The molecule has 0 bridgehead atoms. The molecule has 0 aliphatic heterocycles. The van der Waals surface area contributed by atoms with Gasteiger partial charge in [-0.3, -0.25) is 9.59 Å². The highest BCUT2D eigenvalue weighted by atomic mass is 32.2. The molecule has 0 spiro atoms. The SMILES string of the molecule is CCCc1c(OCCCSc2nnc(SCCC(=O)O)s2)ccc(C(C)=O)c1O. The van der Waals surface area contributed by atoms with Gasteiger partial charge in [-0.05, 0) is 31.9 Å². The van der Waals surface area contributed by atoms with Gasteiger partial charge in [0.15, 0.2) is 14.5 Å². The fourth-order valence-corrected chi connectivity index (χ4v) is 5.47. The first-order valence-electron chi connectivity index (χ1n) is 9.21. The van der Waals surface area contributed by atoms with Crippen LogP contribution in [0.4, 0.5) is 0 Å². The number of carboxylic acid groups (broad SMARTS) is 1. The minimum absolute atomic E-state index is 0.0213. The molecule has 2 rings (SSSR count). The molecule has 1 aromatic carbocycles. The summed E-state index contributed by atoms with van der Waals surface area (Å²) in [5.41, 5.74) is 1.00. The summed E-state index contributed by atoms with van der Waals surface area (Å²) in [5, 5.41) is 27.2. The van der Waals surface area contributed by atoms with Crippen LogP contribution in [-0.4, -0.2) is 50.3 Å². The first-order valence-corrected chi connectivity index (χ1v) is 12.0. The number of Topliss-reactive ketones (excluding diaryl/α,β-unsaturated/α-hetero) is 1. The molecule has 1 heterocycles. The van der Waals surface area contributed by atoms with Crippen molar-refractivity contribution >= 4 is 46.6 Å². The number of rotatable bonds is 13. The van der Waals surface area contributed by atoms with E-state index in [-0.39, 0.29) is 18.0 Å². The molecular weight excluding hydrogens is 432 g/mol. The number of aromatic hydroxyl groups is 1. The second-order valence-electron chi connectivity index (χ2n) is 6.12. The first kappa shape index (κ1) is 23.5. The van der Waals surface area contributed by atoms with Crippen LogP contribution in [-0.2, 0) is 11.2 Å². The number of carboxylic acids is 1. The van der Waals surface area contributed by atoms with Crippen molar-refractivity contribution in [3.05, 3.63) is 23.3 Å². The summed E-state index contributed by atoms with van der Waals surface area (Å²) < 4.78 is 7.47. The van der Waals surface area contributed by atoms with Crippen LogP contribution in [0.15, 0.2) is 20.8 Å². The highest BCUT2D eigenvalue weighted by molar-refractivity contribution is 8.03. The zero-order chi connectivity index (χ0) is 21.2. The topological polar surface area (TPSA) is 110 Å². The fourth-order valence-electron chi connectivity index (χ4n) is 2.47. The molecule has 0 aliphatic rings. The Balaban J connectivity index is 1.79. The fraction of sp³-hybridized carbons (Fsp3) is 0.474. The molecule has 7 nitrogen and oxygen atoms in total. The number of aliphatic carboxylic acids is 1. The number of aromatic nitrogens is 2. The average molecular weight is 457 g/mol. The van der Waals surface area contributed by atoms with Crippen LogP contribution in [0.2, 0.25) is 0 Å². The molecule has 0 amide bonds. The zero-order valence-electron chi connectivity index (χ0n) is 16.3. The normalized spacial score (nSPS) is 10.8. The van der Waals surface area contributed by atoms with E-state index in [0.29, 0.717) is 35.7 Å². The van der Waals surface area contributed by atoms with Crippen LogP contribution in [0.5, 0.6) is 11.5 Å². The van der Waals surface area contributed by atoms with Crippen LogP contribution in [0.1, 0.15) is 49.0 Å². The van der Waals surface area contributed by atoms with Crippen LogP contribution in [0, 0.1) is 0 Å². The van der Waals surface area contributed by atoms with Gasteiger partial charge in [0.1, 0.15) is 11.5 Å². The van der Waals surface area contributed by atoms with Crippen molar-refractivity contribution in [1.29, 1.82) is 0 Å². The van der Waals surface area contributed by atoms with Crippen LogP contribution in [0.25, 0.3) is 0 Å². The molecule has 0 saturated heterocycles. The van der Waals surface area contributed by atoms with E-state index in [4.69, 9.17) is 9.84 Å². The summed E-state index contributed by atoms with van der Waals surface area (Å²) >= 11 is 4.44. The van der Waals surface area contributed by atoms with E-state index in [1.165, 1.54) is 30.0 Å². The van der Waals surface area contributed by atoms with E-state index in [1.807, 2.05) is 6.92 Å². The molecule has 10 heteroatoms. The number of carbonyl (C=O) groups is 2. The van der Waals surface area contributed by atoms with E-state index >= 15 is 0 Å². The second-order valence-corrected chi connectivity index (χ2v) is 9.78. The van der Waals surface area contributed by atoms with Crippen molar-refractivity contribution in [1.82, 2.24) is 10.2 Å². The lowest BCUT2D eigenvalue weighted by molar-refractivity contribution is -0.136. The first-order chi connectivity index (χ1) is 13.9. The minimum atomic E-state index is -0.817. The Morgan fingerprint density at radius 1 is 1.17 bits per heavy atom. The Bertz CT molecular complexity index is 841. The summed E-state index contributed by atoms with van der Waals surface area (Å²) in [6, 6.07) is 3.35. The molecule has 0 radical (unpaired) electrons. The smallest absolute Gasteiger partial charge is 0.304 e. The molecule has 0 fully saturated rings. The summed E-state index contributed by atoms with van der Waals surface area (Å²) in [6.45, 7) is 3.93. The highest BCUT2D eigenvalue weighted by Gasteiger charge is 2.16. The number of benzene rings is 1. The Morgan fingerprint density at radius 2 is 1.86 bits per heavy atom. The van der Waals surface area contributed by atoms with Gasteiger partial charge in [-0.1, -0.05) is 48.2 Å². The Labute approximate surface area is 182 Å². The lowest BCUT2D eigenvalue weighted by Gasteiger charge is -2.14. The number of nitrogens with zero attached hydrogens (tertiary/aromatic N) is 2. The van der Waals surface area contributed by atoms with Crippen molar-refractivity contribution < 1.29 is 24.5 Å². The zero-order valence-corrected chi connectivity index (χ0v) is 18.8. The maximum absolute atomic E-state index is 11.6. The number of phenols is 1. The maximum atomic E-state index is 11.6. The summed E-state index contributed by atoms with van der Waals surface area (Å²) in [6.07, 6.45) is 2.37. The molecule has 158 valence electrons. The van der Waals surface area contributed by atoms with Crippen molar-refractivity contribution in [2.24, 2.45) is 0 Å². The van der Waals surface area contributed by atoms with Gasteiger partial charge < -0.3 is 14.9 Å².